The zero-order valence-corrected chi connectivity index (χ0v) is 11.8. The Morgan fingerprint density at radius 3 is 2.53 bits per heavy atom. The van der Waals surface area contributed by atoms with E-state index in [2.05, 4.69) is 0 Å². The van der Waals surface area contributed by atoms with E-state index in [1.165, 1.54) is 0 Å². The molecular weight excluding hydrogens is 232 g/mol. The molecule has 0 amide bonds. The lowest BCUT2D eigenvalue weighted by Gasteiger charge is -2.07. The maximum Gasteiger partial charge on any atom is 0.175 e. The second-order valence-electron chi connectivity index (χ2n) is 4.89. The van der Waals surface area contributed by atoms with Crippen LogP contribution in [-0.4, -0.2) is 21.5 Å². The predicted molar refractivity (Wildman–Crippen MR) is 73.0 cm³/mol. The summed E-state index contributed by atoms with van der Waals surface area (Å²) in [6, 6.07) is 5.80. The quantitative estimate of drug-likeness (QED) is 0.755. The first-order chi connectivity index (χ1) is 7.90. The molecule has 1 unspecified atom stereocenters. The van der Waals surface area contributed by atoms with E-state index < -0.39 is 10.8 Å². The second-order valence-corrected chi connectivity index (χ2v) is 6.39. The number of carbonyl (C=O) groups is 1. The number of ketones is 1. The zero-order valence-electron chi connectivity index (χ0n) is 10.9. The summed E-state index contributed by atoms with van der Waals surface area (Å²) in [4.78, 5) is 12.0. The van der Waals surface area contributed by atoms with Gasteiger partial charge < -0.3 is 0 Å². The van der Waals surface area contributed by atoms with E-state index in [0.29, 0.717) is 17.2 Å². The summed E-state index contributed by atoms with van der Waals surface area (Å²) in [5.41, 5.74) is 2.73. The van der Waals surface area contributed by atoms with E-state index in [1.807, 2.05) is 45.9 Å². The highest BCUT2D eigenvalue weighted by molar-refractivity contribution is 7.85. The molecule has 0 heterocycles. The van der Waals surface area contributed by atoms with Gasteiger partial charge in [-0.05, 0) is 31.4 Å². The molecule has 3 heteroatoms. The molecule has 0 aliphatic heterocycles. The van der Waals surface area contributed by atoms with Gasteiger partial charge in [0.15, 0.2) is 5.78 Å². The van der Waals surface area contributed by atoms with Crippen molar-refractivity contribution in [3.8, 4) is 0 Å². The van der Waals surface area contributed by atoms with E-state index >= 15 is 0 Å². The van der Waals surface area contributed by atoms with Gasteiger partial charge >= 0.3 is 0 Å². The number of hydrogen-bond acceptors (Lipinski definition) is 2. The smallest absolute Gasteiger partial charge is 0.175 e. The van der Waals surface area contributed by atoms with Gasteiger partial charge in [0.05, 0.1) is 5.75 Å². The third-order valence-electron chi connectivity index (χ3n) is 2.50. The Bertz CT molecular complexity index is 436. The largest absolute Gasteiger partial charge is 0.293 e. The Labute approximate surface area is 106 Å². The monoisotopic (exact) mass is 252 g/mol. The molecule has 0 aliphatic carbocycles. The number of Topliss-reactive ketones (excluding diaryl/α,β-unsaturated/α-hetero) is 1. The Kier molecular flexibility index (Phi) is 5.06. The summed E-state index contributed by atoms with van der Waals surface area (Å²) in [7, 11) is -1.05. The van der Waals surface area contributed by atoms with E-state index in [0.717, 1.165) is 11.1 Å². The summed E-state index contributed by atoms with van der Waals surface area (Å²) in [5, 5.41) is 0. The van der Waals surface area contributed by atoms with Crippen molar-refractivity contribution >= 4 is 16.6 Å². The van der Waals surface area contributed by atoms with Crippen LogP contribution in [0.2, 0.25) is 0 Å². The van der Waals surface area contributed by atoms with Crippen LogP contribution in [0.4, 0.5) is 0 Å². The highest BCUT2D eigenvalue weighted by Gasteiger charge is 2.13. The van der Waals surface area contributed by atoms with Crippen LogP contribution in [0.3, 0.4) is 0 Å². The van der Waals surface area contributed by atoms with Crippen LogP contribution in [0.1, 0.15) is 35.3 Å². The third kappa shape index (κ3) is 4.43. The van der Waals surface area contributed by atoms with Crippen molar-refractivity contribution < 1.29 is 9.00 Å². The van der Waals surface area contributed by atoms with Crippen molar-refractivity contribution in [2.45, 2.75) is 27.7 Å². The lowest BCUT2D eigenvalue weighted by molar-refractivity contribution is 0.102. The van der Waals surface area contributed by atoms with Crippen molar-refractivity contribution in [2.24, 2.45) is 5.92 Å². The molecule has 1 aromatic rings. The molecule has 0 aromatic heterocycles. The number of rotatable bonds is 5. The zero-order chi connectivity index (χ0) is 13.0. The van der Waals surface area contributed by atoms with Crippen molar-refractivity contribution in [1.29, 1.82) is 0 Å². The number of aryl methyl sites for hydroxylation is 2. The van der Waals surface area contributed by atoms with Crippen molar-refractivity contribution in [2.75, 3.05) is 11.5 Å². The molecule has 2 nitrogen and oxygen atoms in total. The number of benzene rings is 1. The molecule has 0 fully saturated rings. The highest BCUT2D eigenvalue weighted by Crippen LogP contribution is 2.12. The summed E-state index contributed by atoms with van der Waals surface area (Å²) < 4.78 is 11.7. The van der Waals surface area contributed by atoms with Gasteiger partial charge in [0.1, 0.15) is 0 Å². The molecule has 1 rings (SSSR count). The predicted octanol–water partition coefficient (Wildman–Crippen LogP) is 2.89. The average molecular weight is 252 g/mol. The Morgan fingerprint density at radius 2 is 1.94 bits per heavy atom. The fourth-order valence-corrected chi connectivity index (χ4v) is 3.00. The van der Waals surface area contributed by atoms with Crippen LogP contribution in [0.5, 0.6) is 0 Å². The summed E-state index contributed by atoms with van der Waals surface area (Å²) >= 11 is 0. The molecular formula is C14H20O2S. The van der Waals surface area contributed by atoms with E-state index in [1.54, 1.807) is 0 Å². The molecule has 1 aromatic carbocycles. The molecule has 17 heavy (non-hydrogen) atoms. The van der Waals surface area contributed by atoms with Crippen LogP contribution in [0.25, 0.3) is 0 Å². The SMILES string of the molecule is Cc1ccc(C)c(C(=O)CS(=O)CC(C)C)c1. The normalized spacial score (nSPS) is 12.8. The van der Waals surface area contributed by atoms with Crippen LogP contribution >= 0.6 is 0 Å². The standard InChI is InChI=1S/C14H20O2S/c1-10(2)8-17(16)9-14(15)13-7-11(3)5-6-12(13)4/h5-7,10H,8-9H2,1-4H3. The molecule has 0 spiro atoms. The van der Waals surface area contributed by atoms with Gasteiger partial charge in [-0.25, -0.2) is 0 Å². The molecule has 94 valence electrons. The first-order valence-electron chi connectivity index (χ1n) is 5.85. The lowest BCUT2D eigenvalue weighted by atomic mass is 10.0. The van der Waals surface area contributed by atoms with Gasteiger partial charge in [-0.2, -0.15) is 0 Å². The van der Waals surface area contributed by atoms with E-state index in [9.17, 15) is 9.00 Å². The highest BCUT2D eigenvalue weighted by atomic mass is 32.2. The van der Waals surface area contributed by atoms with Crippen molar-refractivity contribution in [3.63, 3.8) is 0 Å². The first kappa shape index (κ1) is 14.1. The maximum atomic E-state index is 12.0. The second kappa shape index (κ2) is 6.10. The summed E-state index contributed by atoms with van der Waals surface area (Å²) in [5.74, 6) is 1.09. The van der Waals surface area contributed by atoms with Crippen LogP contribution < -0.4 is 0 Å². The minimum Gasteiger partial charge on any atom is -0.293 e. The fraction of sp³-hybridized carbons (Fsp3) is 0.500. The van der Waals surface area contributed by atoms with Gasteiger partial charge in [-0.3, -0.25) is 9.00 Å². The van der Waals surface area contributed by atoms with Gasteiger partial charge in [-0.1, -0.05) is 31.5 Å². The number of hydrogen-bond donors (Lipinski definition) is 0. The van der Waals surface area contributed by atoms with Crippen molar-refractivity contribution in [3.05, 3.63) is 34.9 Å². The summed E-state index contributed by atoms with van der Waals surface area (Å²) in [6.45, 7) is 7.90. The molecule has 0 aliphatic rings. The summed E-state index contributed by atoms with van der Waals surface area (Å²) in [6.07, 6.45) is 0. The Morgan fingerprint density at radius 1 is 1.29 bits per heavy atom. The molecule has 0 saturated heterocycles. The minimum atomic E-state index is -1.05. The molecule has 0 radical (unpaired) electrons. The van der Waals surface area contributed by atoms with Crippen LogP contribution in [-0.2, 0) is 10.8 Å². The minimum absolute atomic E-state index is 0.00909. The Balaban J connectivity index is 2.76. The first-order valence-corrected chi connectivity index (χ1v) is 7.34. The van der Waals surface area contributed by atoms with Crippen LogP contribution in [0.15, 0.2) is 18.2 Å². The van der Waals surface area contributed by atoms with Gasteiger partial charge in [-0.15, -0.1) is 0 Å². The fourth-order valence-electron chi connectivity index (χ4n) is 1.69. The van der Waals surface area contributed by atoms with Gasteiger partial charge in [0.25, 0.3) is 0 Å². The van der Waals surface area contributed by atoms with Gasteiger partial charge in [0, 0.05) is 22.1 Å². The lowest BCUT2D eigenvalue weighted by Crippen LogP contribution is -2.16. The average Bonchev–Trinajstić information content (AvgIpc) is 2.20. The topological polar surface area (TPSA) is 34.1 Å². The molecule has 1 atom stereocenters. The van der Waals surface area contributed by atoms with Crippen LogP contribution in [0, 0.1) is 19.8 Å². The molecule has 0 bridgehead atoms. The maximum absolute atomic E-state index is 12.0. The molecule has 0 saturated carbocycles. The number of carbonyl (C=O) groups excluding carboxylic acids is 1. The van der Waals surface area contributed by atoms with E-state index in [-0.39, 0.29) is 11.5 Å². The van der Waals surface area contributed by atoms with Crippen molar-refractivity contribution in [1.82, 2.24) is 0 Å². The van der Waals surface area contributed by atoms with Gasteiger partial charge in [0.2, 0.25) is 0 Å². The Hall–Kier alpha value is -0.960. The molecule has 0 N–H and O–H groups in total. The van der Waals surface area contributed by atoms with E-state index in [4.69, 9.17) is 0 Å². The third-order valence-corrected chi connectivity index (χ3v) is 4.13.